The molecule has 2 aromatic carbocycles. The molecule has 2 atom stereocenters. The summed E-state index contributed by atoms with van der Waals surface area (Å²) in [5, 5.41) is 23.1. The molecule has 0 aromatic heterocycles. The minimum atomic E-state index is -2.04. The van der Waals surface area contributed by atoms with Gasteiger partial charge in [0.2, 0.25) is 11.6 Å². The predicted octanol–water partition coefficient (Wildman–Crippen LogP) is 6.36. The van der Waals surface area contributed by atoms with E-state index >= 15 is 0 Å². The zero-order valence-corrected chi connectivity index (χ0v) is 22.6. The van der Waals surface area contributed by atoms with Gasteiger partial charge in [-0.1, -0.05) is 34.6 Å². The van der Waals surface area contributed by atoms with Crippen molar-refractivity contribution in [3.05, 3.63) is 108 Å². The molecule has 6 heteroatoms. The number of benzene rings is 2. The Balaban J connectivity index is 1.91. The summed E-state index contributed by atoms with van der Waals surface area (Å²) in [7, 11) is 0. The molecule has 0 aliphatic heterocycles. The van der Waals surface area contributed by atoms with Crippen molar-refractivity contribution in [2.75, 3.05) is 0 Å². The van der Waals surface area contributed by atoms with Gasteiger partial charge in [-0.2, -0.15) is 0 Å². The van der Waals surface area contributed by atoms with Crippen LogP contribution in [0.1, 0.15) is 68.2 Å². The lowest BCUT2D eigenvalue weighted by Crippen LogP contribution is -2.49. The molecule has 2 unspecified atom stereocenters. The van der Waals surface area contributed by atoms with E-state index in [9.17, 15) is 19.8 Å². The molecule has 0 heterocycles. The van der Waals surface area contributed by atoms with Gasteiger partial charge in [0.25, 0.3) is 0 Å². The van der Waals surface area contributed by atoms with E-state index < -0.39 is 28.2 Å². The van der Waals surface area contributed by atoms with Crippen LogP contribution in [0.4, 0.5) is 0 Å². The van der Waals surface area contributed by atoms with E-state index in [1.54, 1.807) is 61.1 Å². The maximum absolute atomic E-state index is 13.6. The molecule has 2 N–H and O–H groups in total. The Labute approximate surface area is 224 Å². The van der Waals surface area contributed by atoms with Gasteiger partial charge in [0, 0.05) is 11.1 Å². The largest absolute Gasteiger partial charge is 0.465 e. The minimum Gasteiger partial charge on any atom is -0.465 e. The summed E-state index contributed by atoms with van der Waals surface area (Å²) in [5.41, 5.74) is -4.08. The highest BCUT2D eigenvalue weighted by molar-refractivity contribution is 6.09. The smallest absolute Gasteiger partial charge is 0.202 e. The Morgan fingerprint density at radius 3 is 1.63 bits per heavy atom. The summed E-state index contributed by atoms with van der Waals surface area (Å²) in [5.74, 6) is -0.0353. The van der Waals surface area contributed by atoms with Crippen LogP contribution in [0.15, 0.2) is 97.0 Å². The average molecular weight is 517 g/mol. The summed E-state index contributed by atoms with van der Waals surface area (Å²) in [6.07, 6.45) is 12.3. The van der Waals surface area contributed by atoms with Crippen molar-refractivity contribution in [3.8, 4) is 11.5 Å². The third kappa shape index (κ3) is 6.39. The van der Waals surface area contributed by atoms with Crippen molar-refractivity contribution >= 4 is 11.6 Å². The third-order valence-electron chi connectivity index (χ3n) is 6.18. The van der Waals surface area contributed by atoms with Crippen molar-refractivity contribution in [2.24, 2.45) is 5.41 Å². The topological polar surface area (TPSA) is 93.1 Å². The monoisotopic (exact) mass is 516 g/mol. The van der Waals surface area contributed by atoms with Gasteiger partial charge in [0.1, 0.15) is 11.5 Å². The van der Waals surface area contributed by atoms with Crippen LogP contribution in [-0.4, -0.2) is 33.0 Å². The van der Waals surface area contributed by atoms with E-state index in [4.69, 9.17) is 9.47 Å². The number of allylic oxidation sites excluding steroid dienone is 2. The first-order valence-corrected chi connectivity index (χ1v) is 12.8. The molecular weight excluding hydrogens is 480 g/mol. The summed E-state index contributed by atoms with van der Waals surface area (Å²) in [6.45, 7) is 9.43. The van der Waals surface area contributed by atoms with Gasteiger partial charge in [-0.3, -0.25) is 9.59 Å². The van der Waals surface area contributed by atoms with Gasteiger partial charge < -0.3 is 19.7 Å². The van der Waals surface area contributed by atoms with Gasteiger partial charge in [-0.05, 0) is 103 Å². The molecule has 200 valence electrons. The van der Waals surface area contributed by atoms with Crippen LogP contribution in [0.5, 0.6) is 11.5 Å². The van der Waals surface area contributed by atoms with Crippen LogP contribution in [-0.2, 0) is 0 Å². The van der Waals surface area contributed by atoms with Crippen LogP contribution >= 0.6 is 0 Å². The third-order valence-corrected chi connectivity index (χ3v) is 6.18. The molecular formula is C32H36O6. The number of rotatable bonds is 10. The first-order valence-electron chi connectivity index (χ1n) is 12.8. The van der Waals surface area contributed by atoms with E-state index in [0.29, 0.717) is 11.5 Å². The number of Topliss-reactive ketones (excluding diaryl/α,β-unsaturated/α-hetero) is 2. The second-order valence-corrected chi connectivity index (χ2v) is 10.2. The predicted molar refractivity (Wildman–Crippen MR) is 148 cm³/mol. The molecule has 0 spiro atoms. The number of hydrogen-bond donors (Lipinski definition) is 2. The molecule has 0 saturated heterocycles. The molecule has 0 amide bonds. The highest BCUT2D eigenvalue weighted by Crippen LogP contribution is 2.42. The summed E-state index contributed by atoms with van der Waals surface area (Å²) < 4.78 is 11.0. The minimum absolute atomic E-state index is 0.226. The number of aliphatic hydroxyl groups is 2. The van der Waals surface area contributed by atoms with E-state index in [2.05, 4.69) is 0 Å². The van der Waals surface area contributed by atoms with Crippen LogP contribution in [0.3, 0.4) is 0 Å². The SMILES string of the molecule is CCC=COc1ccc(C(=O)C2(O)C=CC(O)(C(=O)c3ccc(OC=CCC)cc3)C(C(C)(C)C)=C2)cc1. The Morgan fingerprint density at radius 2 is 1.21 bits per heavy atom. The molecule has 6 nitrogen and oxygen atoms in total. The molecule has 1 aliphatic rings. The fourth-order valence-electron chi connectivity index (χ4n) is 4.11. The Hall–Kier alpha value is -3.74. The Morgan fingerprint density at radius 1 is 0.763 bits per heavy atom. The van der Waals surface area contributed by atoms with Crippen molar-refractivity contribution in [2.45, 2.75) is 58.7 Å². The summed E-state index contributed by atoms with van der Waals surface area (Å²) >= 11 is 0. The fraction of sp³-hybridized carbons (Fsp3) is 0.312. The molecule has 38 heavy (non-hydrogen) atoms. The van der Waals surface area contributed by atoms with E-state index in [-0.39, 0.29) is 16.7 Å². The second-order valence-electron chi connectivity index (χ2n) is 10.2. The molecule has 0 saturated carbocycles. The van der Waals surface area contributed by atoms with Crippen molar-refractivity contribution < 1.29 is 29.3 Å². The van der Waals surface area contributed by atoms with Gasteiger partial charge in [-0.25, -0.2) is 0 Å². The van der Waals surface area contributed by atoms with Crippen molar-refractivity contribution in [3.63, 3.8) is 0 Å². The van der Waals surface area contributed by atoms with Crippen LogP contribution in [0, 0.1) is 5.41 Å². The molecule has 1 aliphatic carbocycles. The van der Waals surface area contributed by atoms with Gasteiger partial charge >= 0.3 is 0 Å². The van der Waals surface area contributed by atoms with Crippen LogP contribution in [0.25, 0.3) is 0 Å². The lowest BCUT2D eigenvalue weighted by atomic mass is 9.67. The summed E-state index contributed by atoms with van der Waals surface area (Å²) in [4.78, 5) is 26.9. The van der Waals surface area contributed by atoms with E-state index in [1.165, 1.54) is 18.2 Å². The number of hydrogen-bond acceptors (Lipinski definition) is 6. The number of ether oxygens (including phenoxy) is 2. The number of ketones is 2. The second kappa shape index (κ2) is 11.8. The molecule has 2 aromatic rings. The van der Waals surface area contributed by atoms with Gasteiger partial charge in [0.05, 0.1) is 12.5 Å². The Bertz CT molecular complexity index is 1260. The van der Waals surface area contributed by atoms with Crippen LogP contribution < -0.4 is 9.47 Å². The number of carbonyl (C=O) groups is 2. The van der Waals surface area contributed by atoms with E-state index in [1.807, 2.05) is 46.8 Å². The standard InChI is InChI=1S/C32H36O6/c1-6-8-20-37-25-14-10-23(11-15-25)28(33)31(35)18-19-32(36,27(22-31)30(3,4)5)29(34)24-12-16-26(17-13-24)38-21-9-7-2/h8-22,35-36H,6-7H2,1-5H3. The average Bonchev–Trinajstić information content (AvgIpc) is 2.90. The van der Waals surface area contributed by atoms with Crippen LogP contribution in [0.2, 0.25) is 0 Å². The van der Waals surface area contributed by atoms with Crippen molar-refractivity contribution in [1.82, 2.24) is 0 Å². The zero-order valence-electron chi connectivity index (χ0n) is 22.6. The normalized spacial score (nSPS) is 21.5. The molecule has 3 rings (SSSR count). The molecule has 0 bridgehead atoms. The highest BCUT2D eigenvalue weighted by atomic mass is 16.5. The first kappa shape index (κ1) is 28.8. The fourth-order valence-corrected chi connectivity index (χ4v) is 4.11. The van der Waals surface area contributed by atoms with E-state index in [0.717, 1.165) is 12.8 Å². The van der Waals surface area contributed by atoms with Gasteiger partial charge in [-0.15, -0.1) is 0 Å². The quantitative estimate of drug-likeness (QED) is 0.217. The molecule has 0 fully saturated rings. The van der Waals surface area contributed by atoms with Crippen molar-refractivity contribution in [1.29, 1.82) is 0 Å². The lowest BCUT2D eigenvalue weighted by Gasteiger charge is -2.40. The highest BCUT2D eigenvalue weighted by Gasteiger charge is 2.49. The maximum Gasteiger partial charge on any atom is 0.202 e. The summed E-state index contributed by atoms with van der Waals surface area (Å²) in [6, 6.07) is 12.9. The zero-order chi connectivity index (χ0) is 28.0. The number of carbonyl (C=O) groups excluding carboxylic acids is 2. The van der Waals surface area contributed by atoms with Gasteiger partial charge in [0.15, 0.2) is 11.2 Å². The Kier molecular flexibility index (Phi) is 8.92. The maximum atomic E-state index is 13.6. The lowest BCUT2D eigenvalue weighted by molar-refractivity contribution is 0.0493. The molecule has 0 radical (unpaired) electrons. The first-order chi connectivity index (χ1) is 17.9.